The first-order valence-corrected chi connectivity index (χ1v) is 8.88. The number of hydrogen-bond donors (Lipinski definition) is 1. The van der Waals surface area contributed by atoms with E-state index in [4.69, 9.17) is 4.74 Å². The number of aromatic nitrogens is 1. The van der Waals surface area contributed by atoms with E-state index in [1.54, 1.807) is 7.11 Å². The van der Waals surface area contributed by atoms with Gasteiger partial charge in [0.1, 0.15) is 5.75 Å². The lowest BCUT2D eigenvalue weighted by Gasteiger charge is -2.28. The average Bonchev–Trinajstić information content (AvgIpc) is 2.79. The lowest BCUT2D eigenvalue weighted by atomic mass is 10.0. The fourth-order valence-electron chi connectivity index (χ4n) is 3.25. The standard InChI is InChI=1S/C17H24N2O2S/c1-12-17(16(20)11-19-6-8-22-9-7-19)14-10-13(21-3)4-5-15(14)18(12)2/h4-5,10,16,20H,6-9,11H2,1-3H3. The molecule has 0 radical (unpaired) electrons. The Labute approximate surface area is 136 Å². The van der Waals surface area contributed by atoms with Gasteiger partial charge in [-0.15, -0.1) is 0 Å². The third-order valence-corrected chi connectivity index (χ3v) is 5.56. The van der Waals surface area contributed by atoms with Gasteiger partial charge in [-0.25, -0.2) is 0 Å². The van der Waals surface area contributed by atoms with Gasteiger partial charge >= 0.3 is 0 Å². The molecule has 120 valence electrons. The average molecular weight is 320 g/mol. The number of rotatable bonds is 4. The highest BCUT2D eigenvalue weighted by atomic mass is 32.2. The summed E-state index contributed by atoms with van der Waals surface area (Å²) in [5.41, 5.74) is 3.30. The van der Waals surface area contributed by atoms with Crippen LogP contribution < -0.4 is 4.74 Å². The smallest absolute Gasteiger partial charge is 0.119 e. The maximum absolute atomic E-state index is 10.8. The molecule has 1 aliphatic rings. The van der Waals surface area contributed by atoms with Gasteiger partial charge in [-0.2, -0.15) is 11.8 Å². The van der Waals surface area contributed by atoms with Crippen LogP contribution in [-0.4, -0.2) is 52.8 Å². The van der Waals surface area contributed by atoms with Crippen LogP contribution in [0, 0.1) is 6.92 Å². The Morgan fingerprint density at radius 2 is 2.05 bits per heavy atom. The second-order valence-electron chi connectivity index (χ2n) is 5.87. The molecule has 0 amide bonds. The summed E-state index contributed by atoms with van der Waals surface area (Å²) in [6.07, 6.45) is -0.459. The molecule has 0 bridgehead atoms. The van der Waals surface area contributed by atoms with Gasteiger partial charge in [-0.05, 0) is 25.1 Å². The second kappa shape index (κ2) is 6.52. The van der Waals surface area contributed by atoms with Crippen LogP contribution in [0.1, 0.15) is 17.4 Å². The number of β-amino-alcohol motifs (C(OH)–C–C–N with tert-alkyl or cyclic N) is 1. The summed E-state index contributed by atoms with van der Waals surface area (Å²) >= 11 is 1.99. The molecule has 22 heavy (non-hydrogen) atoms. The highest BCUT2D eigenvalue weighted by molar-refractivity contribution is 7.99. The third-order valence-electron chi connectivity index (χ3n) is 4.62. The Morgan fingerprint density at radius 1 is 1.32 bits per heavy atom. The van der Waals surface area contributed by atoms with Gasteiger partial charge in [-0.3, -0.25) is 4.90 Å². The van der Waals surface area contributed by atoms with E-state index in [1.807, 2.05) is 23.9 Å². The van der Waals surface area contributed by atoms with Crippen LogP contribution in [-0.2, 0) is 7.05 Å². The minimum Gasteiger partial charge on any atom is -0.497 e. The first-order chi connectivity index (χ1) is 10.6. The van der Waals surface area contributed by atoms with E-state index in [1.165, 1.54) is 0 Å². The Bertz CT molecular complexity index is 662. The second-order valence-corrected chi connectivity index (χ2v) is 7.09. The molecule has 0 aliphatic carbocycles. The van der Waals surface area contributed by atoms with Crippen molar-refractivity contribution in [1.82, 2.24) is 9.47 Å². The van der Waals surface area contributed by atoms with Crippen molar-refractivity contribution >= 4 is 22.7 Å². The molecular formula is C17H24N2O2S. The zero-order valence-corrected chi connectivity index (χ0v) is 14.3. The predicted octanol–water partition coefficient (Wildman–Crippen LogP) is 2.58. The van der Waals surface area contributed by atoms with Gasteiger partial charge in [0.05, 0.1) is 13.2 Å². The highest BCUT2D eigenvalue weighted by Gasteiger charge is 2.22. The van der Waals surface area contributed by atoms with Crippen molar-refractivity contribution in [3.05, 3.63) is 29.5 Å². The number of hydrogen-bond acceptors (Lipinski definition) is 4. The fraction of sp³-hybridized carbons (Fsp3) is 0.529. The van der Waals surface area contributed by atoms with Gasteiger partial charge in [0.25, 0.3) is 0 Å². The van der Waals surface area contributed by atoms with Gasteiger partial charge < -0.3 is 14.4 Å². The Balaban J connectivity index is 1.95. The quantitative estimate of drug-likeness (QED) is 0.939. The molecule has 3 rings (SSSR count). The molecular weight excluding hydrogens is 296 g/mol. The minimum absolute atomic E-state index is 0.459. The monoisotopic (exact) mass is 320 g/mol. The van der Waals surface area contributed by atoms with Crippen LogP contribution >= 0.6 is 11.8 Å². The molecule has 1 aromatic heterocycles. The number of aryl methyl sites for hydroxylation is 1. The number of nitrogens with zero attached hydrogens (tertiary/aromatic N) is 2. The molecule has 1 aromatic carbocycles. The fourth-order valence-corrected chi connectivity index (χ4v) is 4.23. The molecule has 1 saturated heterocycles. The number of benzene rings is 1. The van der Waals surface area contributed by atoms with E-state index in [2.05, 4.69) is 29.5 Å². The Hall–Kier alpha value is -1.17. The Morgan fingerprint density at radius 3 is 2.73 bits per heavy atom. The zero-order chi connectivity index (χ0) is 15.7. The first-order valence-electron chi connectivity index (χ1n) is 7.73. The molecule has 1 fully saturated rings. The van der Waals surface area contributed by atoms with Crippen molar-refractivity contribution in [3.63, 3.8) is 0 Å². The molecule has 1 atom stereocenters. The summed E-state index contributed by atoms with van der Waals surface area (Å²) in [5.74, 6) is 3.16. The molecule has 2 aromatic rings. The topological polar surface area (TPSA) is 37.6 Å². The third kappa shape index (κ3) is 2.85. The van der Waals surface area contributed by atoms with Crippen molar-refractivity contribution in [2.45, 2.75) is 13.0 Å². The van der Waals surface area contributed by atoms with Crippen molar-refractivity contribution < 1.29 is 9.84 Å². The number of methoxy groups -OCH3 is 1. The van der Waals surface area contributed by atoms with Crippen molar-refractivity contribution in [2.24, 2.45) is 7.05 Å². The molecule has 1 N–H and O–H groups in total. The van der Waals surface area contributed by atoms with Crippen molar-refractivity contribution in [2.75, 3.05) is 38.2 Å². The van der Waals surface area contributed by atoms with Crippen molar-refractivity contribution in [3.8, 4) is 5.75 Å². The van der Waals surface area contributed by atoms with Crippen LogP contribution in [0.15, 0.2) is 18.2 Å². The molecule has 0 spiro atoms. The molecule has 0 saturated carbocycles. The SMILES string of the molecule is COc1ccc2c(c1)c(C(O)CN1CCSCC1)c(C)n2C. The van der Waals surface area contributed by atoms with E-state index >= 15 is 0 Å². The maximum Gasteiger partial charge on any atom is 0.119 e. The van der Waals surface area contributed by atoms with Crippen molar-refractivity contribution in [1.29, 1.82) is 0 Å². The molecule has 5 heteroatoms. The summed E-state index contributed by atoms with van der Waals surface area (Å²) in [5, 5.41) is 11.9. The minimum atomic E-state index is -0.459. The molecule has 4 nitrogen and oxygen atoms in total. The van der Waals surface area contributed by atoms with Crippen LogP contribution in [0.3, 0.4) is 0 Å². The molecule has 2 heterocycles. The summed E-state index contributed by atoms with van der Waals surface area (Å²) in [4.78, 5) is 2.36. The highest BCUT2D eigenvalue weighted by Crippen LogP contribution is 2.33. The lowest BCUT2D eigenvalue weighted by Crippen LogP contribution is -2.36. The van der Waals surface area contributed by atoms with E-state index in [9.17, 15) is 5.11 Å². The normalized spacial score (nSPS) is 17.8. The van der Waals surface area contributed by atoms with Crippen LogP contribution in [0.25, 0.3) is 10.9 Å². The number of fused-ring (bicyclic) bond motifs is 1. The summed E-state index contributed by atoms with van der Waals surface area (Å²) in [6, 6.07) is 6.07. The predicted molar refractivity (Wildman–Crippen MR) is 92.9 cm³/mol. The van der Waals surface area contributed by atoms with Gasteiger partial charge in [0, 0.05) is 60.3 Å². The van der Waals surface area contributed by atoms with E-state index < -0.39 is 6.10 Å². The summed E-state index contributed by atoms with van der Waals surface area (Å²) in [7, 11) is 3.73. The van der Waals surface area contributed by atoms with E-state index in [0.717, 1.165) is 52.5 Å². The Kier molecular flexibility index (Phi) is 4.66. The van der Waals surface area contributed by atoms with E-state index in [0.29, 0.717) is 6.54 Å². The first kappa shape index (κ1) is 15.7. The van der Waals surface area contributed by atoms with Gasteiger partial charge in [0.15, 0.2) is 0 Å². The van der Waals surface area contributed by atoms with Crippen LogP contribution in [0.5, 0.6) is 5.75 Å². The molecule has 1 aliphatic heterocycles. The molecule has 1 unspecified atom stereocenters. The number of ether oxygens (including phenoxy) is 1. The van der Waals surface area contributed by atoms with E-state index in [-0.39, 0.29) is 0 Å². The number of aliphatic hydroxyl groups excluding tert-OH is 1. The maximum atomic E-state index is 10.8. The number of thioether (sulfide) groups is 1. The largest absolute Gasteiger partial charge is 0.497 e. The number of aliphatic hydroxyl groups is 1. The lowest BCUT2D eigenvalue weighted by molar-refractivity contribution is 0.119. The van der Waals surface area contributed by atoms with Crippen LogP contribution in [0.2, 0.25) is 0 Å². The zero-order valence-electron chi connectivity index (χ0n) is 13.5. The summed E-state index contributed by atoms with van der Waals surface area (Å²) < 4.78 is 7.50. The van der Waals surface area contributed by atoms with Crippen LogP contribution in [0.4, 0.5) is 0 Å². The van der Waals surface area contributed by atoms with Gasteiger partial charge in [0.2, 0.25) is 0 Å². The van der Waals surface area contributed by atoms with Gasteiger partial charge in [-0.1, -0.05) is 0 Å². The summed E-state index contributed by atoms with van der Waals surface area (Å²) in [6.45, 7) is 4.92.